The number of hydrogen-bond acceptors (Lipinski definition) is 5. The maximum absolute atomic E-state index is 11.2. The Hall–Kier alpha value is -2.12. The summed E-state index contributed by atoms with van der Waals surface area (Å²) in [6.07, 6.45) is 3.86. The second-order valence-corrected chi connectivity index (χ2v) is 3.63. The number of carbonyl (C=O) groups is 1. The van der Waals surface area contributed by atoms with Crippen molar-refractivity contribution in [1.82, 2.24) is 15.1 Å². The molecule has 1 heterocycles. The van der Waals surface area contributed by atoms with Crippen LogP contribution >= 0.6 is 0 Å². The first-order valence-corrected chi connectivity index (χ1v) is 5.71. The fourth-order valence-corrected chi connectivity index (χ4v) is 1.22. The fourth-order valence-electron chi connectivity index (χ4n) is 1.22. The molecule has 8 heteroatoms. The van der Waals surface area contributed by atoms with E-state index in [-0.39, 0.29) is 18.8 Å². The van der Waals surface area contributed by atoms with Crippen LogP contribution in [0.15, 0.2) is 12.4 Å². The zero-order valence-electron chi connectivity index (χ0n) is 10.2. The van der Waals surface area contributed by atoms with Crippen LogP contribution < -0.4 is 5.32 Å². The predicted molar refractivity (Wildman–Crippen MR) is 63.1 cm³/mol. The number of nitrogens with zero attached hydrogens (tertiary/aromatic N) is 3. The third kappa shape index (κ3) is 4.81. The highest BCUT2D eigenvalue weighted by atomic mass is 16.6. The van der Waals surface area contributed by atoms with E-state index in [4.69, 9.17) is 4.74 Å². The van der Waals surface area contributed by atoms with E-state index in [0.717, 1.165) is 19.0 Å². The van der Waals surface area contributed by atoms with Gasteiger partial charge in [0.2, 0.25) is 0 Å². The van der Waals surface area contributed by atoms with Gasteiger partial charge in [0.15, 0.2) is 0 Å². The summed E-state index contributed by atoms with van der Waals surface area (Å²) in [5, 5.41) is 16.8. The molecule has 0 spiro atoms. The zero-order valence-corrected chi connectivity index (χ0v) is 10.2. The number of carbonyl (C=O) groups excluding carboxylic acids is 1. The quantitative estimate of drug-likeness (QED) is 0.450. The topological polar surface area (TPSA) is 99.3 Å². The number of alkyl carbamates (subject to hydrolysis) is 1. The fraction of sp³-hybridized carbons (Fsp3) is 0.600. The van der Waals surface area contributed by atoms with Gasteiger partial charge in [0.05, 0.1) is 11.5 Å². The summed E-state index contributed by atoms with van der Waals surface area (Å²) in [4.78, 5) is 21.0. The lowest BCUT2D eigenvalue weighted by Gasteiger charge is -2.06. The summed E-state index contributed by atoms with van der Waals surface area (Å²) in [5.41, 5.74) is -0.0811. The lowest BCUT2D eigenvalue weighted by Crippen LogP contribution is -2.26. The Balaban J connectivity index is 2.20. The molecule has 0 aliphatic rings. The smallest absolute Gasteiger partial charge is 0.407 e. The molecule has 1 amide bonds. The van der Waals surface area contributed by atoms with E-state index in [9.17, 15) is 14.9 Å². The van der Waals surface area contributed by atoms with Crippen molar-refractivity contribution < 1.29 is 14.5 Å². The molecule has 0 radical (unpaired) electrons. The molecule has 18 heavy (non-hydrogen) atoms. The molecule has 0 aliphatic carbocycles. The lowest BCUT2D eigenvalue weighted by atomic mass is 10.3. The molecule has 1 aromatic rings. The standard InChI is InChI=1S/C10H16N4O4/c1-2-3-4-11-10(15)18-6-5-13-8-9(7-12-13)14(16)17/h7-8H,2-6H2,1H3,(H,11,15). The van der Waals surface area contributed by atoms with Gasteiger partial charge in [-0.2, -0.15) is 5.10 Å². The third-order valence-electron chi connectivity index (χ3n) is 2.18. The van der Waals surface area contributed by atoms with Gasteiger partial charge in [0, 0.05) is 6.54 Å². The van der Waals surface area contributed by atoms with Crippen molar-refractivity contribution in [2.24, 2.45) is 0 Å². The SMILES string of the molecule is CCCCNC(=O)OCCn1cc([N+](=O)[O-])cn1. The predicted octanol–water partition coefficient (Wildman–Crippen LogP) is 1.32. The summed E-state index contributed by atoms with van der Waals surface area (Å²) < 4.78 is 6.24. The van der Waals surface area contributed by atoms with E-state index in [1.165, 1.54) is 10.9 Å². The van der Waals surface area contributed by atoms with Crippen LogP contribution in [0.2, 0.25) is 0 Å². The van der Waals surface area contributed by atoms with Gasteiger partial charge in [0.1, 0.15) is 19.0 Å². The number of rotatable bonds is 7. The van der Waals surface area contributed by atoms with Crippen LogP contribution in [-0.2, 0) is 11.3 Å². The Morgan fingerprint density at radius 2 is 2.44 bits per heavy atom. The van der Waals surface area contributed by atoms with Crippen LogP contribution in [0.5, 0.6) is 0 Å². The normalized spacial score (nSPS) is 10.1. The first-order valence-electron chi connectivity index (χ1n) is 5.71. The van der Waals surface area contributed by atoms with E-state index >= 15 is 0 Å². The first-order chi connectivity index (χ1) is 8.63. The average Bonchev–Trinajstić information content (AvgIpc) is 2.78. The number of hydrogen-bond donors (Lipinski definition) is 1. The molecule has 1 rings (SSSR count). The van der Waals surface area contributed by atoms with Gasteiger partial charge >= 0.3 is 11.8 Å². The van der Waals surface area contributed by atoms with Gasteiger partial charge in [-0.15, -0.1) is 0 Å². The number of amides is 1. The average molecular weight is 256 g/mol. The summed E-state index contributed by atoms with van der Waals surface area (Å²) >= 11 is 0. The maximum atomic E-state index is 11.2. The minimum Gasteiger partial charge on any atom is -0.448 e. The minimum atomic E-state index is -0.526. The maximum Gasteiger partial charge on any atom is 0.407 e. The summed E-state index contributed by atoms with van der Waals surface area (Å²) in [7, 11) is 0. The van der Waals surface area contributed by atoms with E-state index < -0.39 is 11.0 Å². The number of ether oxygens (including phenoxy) is 1. The van der Waals surface area contributed by atoms with Crippen molar-refractivity contribution in [1.29, 1.82) is 0 Å². The number of nitro groups is 1. The molecule has 1 N–H and O–H groups in total. The van der Waals surface area contributed by atoms with Crippen molar-refractivity contribution in [2.75, 3.05) is 13.2 Å². The van der Waals surface area contributed by atoms with Gasteiger partial charge in [0.25, 0.3) is 0 Å². The van der Waals surface area contributed by atoms with Crippen LogP contribution in [0.25, 0.3) is 0 Å². The molecule has 0 aliphatic heterocycles. The van der Waals surface area contributed by atoms with Crippen molar-refractivity contribution in [2.45, 2.75) is 26.3 Å². The molecule has 0 fully saturated rings. The summed E-state index contributed by atoms with van der Waals surface area (Å²) in [6, 6.07) is 0. The van der Waals surface area contributed by atoms with E-state index in [1.54, 1.807) is 0 Å². The Morgan fingerprint density at radius 1 is 1.67 bits per heavy atom. The van der Waals surface area contributed by atoms with Crippen LogP contribution in [0.4, 0.5) is 10.5 Å². The van der Waals surface area contributed by atoms with Gasteiger partial charge in [-0.3, -0.25) is 14.8 Å². The summed E-state index contributed by atoms with van der Waals surface area (Å²) in [6.45, 7) is 3.02. The molecule has 0 saturated heterocycles. The number of unbranched alkanes of at least 4 members (excludes halogenated alkanes) is 1. The molecule has 0 bridgehead atoms. The highest BCUT2D eigenvalue weighted by Crippen LogP contribution is 2.07. The second-order valence-electron chi connectivity index (χ2n) is 3.63. The Bertz CT molecular complexity index is 404. The van der Waals surface area contributed by atoms with Crippen LogP contribution in [0.1, 0.15) is 19.8 Å². The van der Waals surface area contributed by atoms with Gasteiger partial charge in [-0.05, 0) is 6.42 Å². The van der Waals surface area contributed by atoms with Gasteiger partial charge in [-0.25, -0.2) is 4.79 Å². The minimum absolute atomic E-state index is 0.0811. The molecule has 1 aromatic heterocycles. The molecular formula is C10H16N4O4. The van der Waals surface area contributed by atoms with E-state index in [0.29, 0.717) is 6.54 Å². The van der Waals surface area contributed by atoms with Crippen LogP contribution in [0.3, 0.4) is 0 Å². The van der Waals surface area contributed by atoms with Crippen molar-refractivity contribution >= 4 is 11.8 Å². The van der Waals surface area contributed by atoms with Crippen LogP contribution in [0, 0.1) is 10.1 Å². The molecule has 0 atom stereocenters. The molecular weight excluding hydrogens is 240 g/mol. The highest BCUT2D eigenvalue weighted by molar-refractivity contribution is 5.66. The van der Waals surface area contributed by atoms with Gasteiger partial charge in [-0.1, -0.05) is 13.3 Å². The van der Waals surface area contributed by atoms with Crippen molar-refractivity contribution in [3.05, 3.63) is 22.5 Å². The highest BCUT2D eigenvalue weighted by Gasteiger charge is 2.08. The Kier molecular flexibility index (Phi) is 5.62. The summed E-state index contributed by atoms with van der Waals surface area (Å²) in [5.74, 6) is 0. The molecule has 0 unspecified atom stereocenters. The van der Waals surface area contributed by atoms with E-state index in [1.807, 2.05) is 6.92 Å². The van der Waals surface area contributed by atoms with Crippen molar-refractivity contribution in [3.63, 3.8) is 0 Å². The van der Waals surface area contributed by atoms with Crippen LogP contribution in [-0.4, -0.2) is 33.9 Å². The Labute approximate surface area is 104 Å². The lowest BCUT2D eigenvalue weighted by molar-refractivity contribution is -0.385. The molecule has 100 valence electrons. The van der Waals surface area contributed by atoms with Gasteiger partial charge < -0.3 is 10.1 Å². The van der Waals surface area contributed by atoms with Crippen molar-refractivity contribution in [3.8, 4) is 0 Å². The number of aromatic nitrogens is 2. The molecule has 0 aromatic carbocycles. The third-order valence-corrected chi connectivity index (χ3v) is 2.18. The number of nitrogens with one attached hydrogen (secondary N) is 1. The monoisotopic (exact) mass is 256 g/mol. The Morgan fingerprint density at radius 3 is 3.06 bits per heavy atom. The second kappa shape index (κ2) is 7.25. The zero-order chi connectivity index (χ0) is 13.4. The first kappa shape index (κ1) is 13.9. The molecule has 8 nitrogen and oxygen atoms in total. The molecule has 0 saturated carbocycles. The van der Waals surface area contributed by atoms with E-state index in [2.05, 4.69) is 10.4 Å². The largest absolute Gasteiger partial charge is 0.448 e.